The largest absolute Gasteiger partial charge is 0.372 e. The van der Waals surface area contributed by atoms with Gasteiger partial charge >= 0.3 is 0 Å². The zero-order chi connectivity index (χ0) is 13.2. The number of hydrogen-bond acceptors (Lipinski definition) is 5. The van der Waals surface area contributed by atoms with E-state index in [1.165, 1.54) is 4.68 Å². The molecule has 0 unspecified atom stereocenters. The summed E-state index contributed by atoms with van der Waals surface area (Å²) in [6.45, 7) is 7.16. The summed E-state index contributed by atoms with van der Waals surface area (Å²) in [4.78, 5) is 14.0. The van der Waals surface area contributed by atoms with Gasteiger partial charge in [0.2, 0.25) is 0 Å². The van der Waals surface area contributed by atoms with E-state index in [4.69, 9.17) is 10.5 Å². The number of ether oxygens (including phenoxy) is 1. The number of rotatable bonds is 3. The minimum Gasteiger partial charge on any atom is -0.372 e. The zero-order valence-electron chi connectivity index (χ0n) is 10.9. The highest BCUT2D eigenvalue weighted by molar-refractivity contribution is 5.43. The Bertz CT molecular complexity index is 469. The van der Waals surface area contributed by atoms with Crippen LogP contribution in [0.2, 0.25) is 0 Å². The van der Waals surface area contributed by atoms with E-state index in [0.29, 0.717) is 19.7 Å². The Hall–Kier alpha value is -1.40. The van der Waals surface area contributed by atoms with Crippen LogP contribution in [0.15, 0.2) is 17.1 Å². The monoisotopic (exact) mass is 252 g/mol. The molecule has 2 heterocycles. The molecule has 0 amide bonds. The van der Waals surface area contributed by atoms with Crippen LogP contribution < -0.4 is 16.2 Å². The molecule has 1 fully saturated rings. The highest BCUT2D eigenvalue weighted by atomic mass is 16.5. The molecule has 6 heteroatoms. The Kier molecular flexibility index (Phi) is 3.68. The van der Waals surface area contributed by atoms with E-state index in [1.54, 1.807) is 12.3 Å². The summed E-state index contributed by atoms with van der Waals surface area (Å²) >= 11 is 0. The fourth-order valence-corrected chi connectivity index (χ4v) is 2.12. The van der Waals surface area contributed by atoms with Crippen LogP contribution in [0.3, 0.4) is 0 Å². The average molecular weight is 252 g/mol. The number of nitrogens with two attached hydrogens (primary N) is 1. The normalized spacial score (nSPS) is 18.9. The highest BCUT2D eigenvalue weighted by Crippen LogP contribution is 2.21. The Morgan fingerprint density at radius 1 is 1.56 bits per heavy atom. The molecule has 2 rings (SSSR count). The van der Waals surface area contributed by atoms with Crippen LogP contribution in [0.25, 0.3) is 0 Å². The fourth-order valence-electron chi connectivity index (χ4n) is 2.12. The van der Waals surface area contributed by atoms with Crippen molar-refractivity contribution >= 4 is 5.69 Å². The van der Waals surface area contributed by atoms with E-state index in [1.807, 2.05) is 13.8 Å². The molecule has 1 aromatic rings. The summed E-state index contributed by atoms with van der Waals surface area (Å²) < 4.78 is 7.03. The second-order valence-electron chi connectivity index (χ2n) is 5.09. The zero-order valence-corrected chi connectivity index (χ0v) is 10.9. The van der Waals surface area contributed by atoms with Crippen molar-refractivity contribution in [3.05, 3.63) is 22.6 Å². The second-order valence-corrected chi connectivity index (χ2v) is 5.09. The molecule has 1 aromatic heterocycles. The van der Waals surface area contributed by atoms with Crippen molar-refractivity contribution in [2.75, 3.05) is 31.1 Å². The first-order valence-electron chi connectivity index (χ1n) is 6.18. The predicted octanol–water partition coefficient (Wildman–Crippen LogP) is -0.183. The van der Waals surface area contributed by atoms with Crippen molar-refractivity contribution in [2.45, 2.75) is 26.0 Å². The van der Waals surface area contributed by atoms with E-state index in [-0.39, 0.29) is 11.2 Å². The molecular formula is C12H20N4O2. The van der Waals surface area contributed by atoms with Crippen LogP contribution in [0, 0.1) is 0 Å². The average Bonchev–Trinajstić information content (AvgIpc) is 2.30. The van der Waals surface area contributed by atoms with Gasteiger partial charge in [0.1, 0.15) is 0 Å². The molecule has 100 valence electrons. The highest BCUT2D eigenvalue weighted by Gasteiger charge is 2.27. The minimum atomic E-state index is -0.190. The summed E-state index contributed by atoms with van der Waals surface area (Å²) in [5, 5.41) is 4.13. The first kappa shape index (κ1) is 13.0. The van der Waals surface area contributed by atoms with Crippen molar-refractivity contribution in [3.63, 3.8) is 0 Å². The van der Waals surface area contributed by atoms with Crippen molar-refractivity contribution < 1.29 is 4.74 Å². The molecule has 1 aliphatic heterocycles. The fraction of sp³-hybridized carbons (Fsp3) is 0.667. The summed E-state index contributed by atoms with van der Waals surface area (Å²) in [6.07, 6.45) is 1.72. The summed E-state index contributed by atoms with van der Waals surface area (Å²) in [5.41, 5.74) is 5.97. The van der Waals surface area contributed by atoms with Gasteiger partial charge in [-0.2, -0.15) is 5.10 Å². The third-order valence-electron chi connectivity index (χ3n) is 2.99. The van der Waals surface area contributed by atoms with Crippen LogP contribution >= 0.6 is 0 Å². The predicted molar refractivity (Wildman–Crippen MR) is 69.8 cm³/mol. The van der Waals surface area contributed by atoms with Gasteiger partial charge in [0.15, 0.2) is 0 Å². The van der Waals surface area contributed by atoms with Crippen LogP contribution in [-0.2, 0) is 11.3 Å². The van der Waals surface area contributed by atoms with Crippen molar-refractivity contribution in [3.8, 4) is 0 Å². The van der Waals surface area contributed by atoms with Gasteiger partial charge < -0.3 is 15.4 Å². The molecule has 1 aliphatic rings. The molecule has 0 radical (unpaired) electrons. The van der Waals surface area contributed by atoms with E-state index in [9.17, 15) is 4.79 Å². The summed E-state index contributed by atoms with van der Waals surface area (Å²) in [6, 6.07) is 1.62. The van der Waals surface area contributed by atoms with Crippen molar-refractivity contribution in [2.24, 2.45) is 5.73 Å². The van der Waals surface area contributed by atoms with Gasteiger partial charge in [-0.25, -0.2) is 4.68 Å². The lowest BCUT2D eigenvalue weighted by molar-refractivity contribution is -0.0277. The van der Waals surface area contributed by atoms with Crippen molar-refractivity contribution in [1.29, 1.82) is 0 Å². The summed E-state index contributed by atoms with van der Waals surface area (Å²) in [5.74, 6) is 0. The molecule has 6 nitrogen and oxygen atoms in total. The Morgan fingerprint density at radius 3 is 2.94 bits per heavy atom. The Labute approximate surface area is 106 Å². The second kappa shape index (κ2) is 5.07. The van der Waals surface area contributed by atoms with Crippen LogP contribution in [0.1, 0.15) is 13.8 Å². The van der Waals surface area contributed by atoms with Gasteiger partial charge in [0.25, 0.3) is 5.56 Å². The number of morpholine rings is 1. The molecular weight excluding hydrogens is 232 g/mol. The van der Waals surface area contributed by atoms with E-state index in [0.717, 1.165) is 18.8 Å². The smallest absolute Gasteiger partial charge is 0.268 e. The molecule has 0 saturated carbocycles. The van der Waals surface area contributed by atoms with Gasteiger partial charge in [-0.15, -0.1) is 0 Å². The van der Waals surface area contributed by atoms with Crippen LogP contribution in [-0.4, -0.2) is 41.6 Å². The standard InChI is InChI=1S/C12H20N4O2/c1-12(2)9-15(5-6-18-12)10-7-11(17)16(4-3-13)14-8-10/h7-8H,3-6,9,13H2,1-2H3. The molecule has 0 spiro atoms. The van der Waals surface area contributed by atoms with E-state index in [2.05, 4.69) is 10.00 Å². The van der Waals surface area contributed by atoms with Gasteiger partial charge in [0, 0.05) is 25.7 Å². The quantitative estimate of drug-likeness (QED) is 0.807. The lowest BCUT2D eigenvalue weighted by atomic mass is 10.1. The molecule has 0 aliphatic carbocycles. The molecule has 2 N–H and O–H groups in total. The van der Waals surface area contributed by atoms with E-state index >= 15 is 0 Å². The topological polar surface area (TPSA) is 73.4 Å². The van der Waals surface area contributed by atoms with E-state index < -0.39 is 0 Å². The van der Waals surface area contributed by atoms with Gasteiger partial charge in [0.05, 0.1) is 30.6 Å². The van der Waals surface area contributed by atoms with Gasteiger partial charge in [-0.05, 0) is 13.8 Å². The minimum absolute atomic E-state index is 0.109. The maximum Gasteiger partial charge on any atom is 0.268 e. The first-order chi connectivity index (χ1) is 8.52. The lowest BCUT2D eigenvalue weighted by Crippen LogP contribution is -2.48. The first-order valence-corrected chi connectivity index (χ1v) is 6.18. The third kappa shape index (κ3) is 2.88. The molecule has 0 atom stereocenters. The molecule has 1 saturated heterocycles. The van der Waals surface area contributed by atoms with Gasteiger partial charge in [-0.1, -0.05) is 0 Å². The molecule has 0 aromatic carbocycles. The Balaban J connectivity index is 2.19. The maximum absolute atomic E-state index is 11.8. The number of hydrogen-bond donors (Lipinski definition) is 1. The third-order valence-corrected chi connectivity index (χ3v) is 2.99. The van der Waals surface area contributed by atoms with Gasteiger partial charge in [-0.3, -0.25) is 4.79 Å². The summed E-state index contributed by atoms with van der Waals surface area (Å²) in [7, 11) is 0. The number of anilines is 1. The van der Waals surface area contributed by atoms with Crippen LogP contribution in [0.5, 0.6) is 0 Å². The molecule has 18 heavy (non-hydrogen) atoms. The maximum atomic E-state index is 11.8. The Morgan fingerprint density at radius 2 is 2.33 bits per heavy atom. The number of aromatic nitrogens is 2. The molecule has 0 bridgehead atoms. The lowest BCUT2D eigenvalue weighted by Gasteiger charge is -2.39. The van der Waals surface area contributed by atoms with Crippen molar-refractivity contribution in [1.82, 2.24) is 9.78 Å². The van der Waals surface area contributed by atoms with Crippen LogP contribution in [0.4, 0.5) is 5.69 Å². The SMILES string of the molecule is CC1(C)CN(c2cnn(CCN)c(=O)c2)CCO1. The number of nitrogens with zero attached hydrogens (tertiary/aromatic N) is 3.